The number of aromatic nitrogens is 1. The molecule has 0 saturated carbocycles. The normalized spacial score (nSPS) is 11.5. The first-order valence-electron chi connectivity index (χ1n) is 6.48. The molecule has 0 aliphatic heterocycles. The van der Waals surface area contributed by atoms with Crippen molar-refractivity contribution in [3.8, 4) is 0 Å². The number of aromatic carboxylic acids is 1. The third-order valence-electron chi connectivity index (χ3n) is 2.82. The van der Waals surface area contributed by atoms with Gasteiger partial charge in [-0.05, 0) is 24.6 Å². The van der Waals surface area contributed by atoms with Crippen LogP contribution < -0.4 is 5.32 Å². The van der Waals surface area contributed by atoms with Gasteiger partial charge in [0.1, 0.15) is 4.88 Å². The minimum absolute atomic E-state index is 0.108. The predicted octanol–water partition coefficient (Wildman–Crippen LogP) is 4.56. The van der Waals surface area contributed by atoms with Crippen molar-refractivity contribution in [2.24, 2.45) is 0 Å². The minimum atomic E-state index is -4.43. The van der Waals surface area contributed by atoms with Crippen LogP contribution in [0.15, 0.2) is 24.3 Å². The molecule has 0 radical (unpaired) electrons. The van der Waals surface area contributed by atoms with Gasteiger partial charge in [-0.15, -0.1) is 0 Å². The Hall–Kier alpha value is -2.09. The van der Waals surface area contributed by atoms with Crippen molar-refractivity contribution in [2.75, 3.05) is 5.32 Å². The van der Waals surface area contributed by atoms with Crippen molar-refractivity contribution in [3.63, 3.8) is 0 Å². The SMILES string of the molecule is CCCc1nc(Nc2cccc(C(F)(F)F)c2)sc1C(=O)O. The van der Waals surface area contributed by atoms with Gasteiger partial charge in [-0.2, -0.15) is 13.2 Å². The number of hydrogen-bond acceptors (Lipinski definition) is 4. The first-order chi connectivity index (χ1) is 10.3. The third-order valence-corrected chi connectivity index (χ3v) is 3.82. The molecule has 22 heavy (non-hydrogen) atoms. The van der Waals surface area contributed by atoms with Crippen LogP contribution in [0.3, 0.4) is 0 Å². The highest BCUT2D eigenvalue weighted by Gasteiger charge is 2.30. The number of aryl methyl sites for hydroxylation is 1. The van der Waals surface area contributed by atoms with E-state index in [9.17, 15) is 18.0 Å². The Morgan fingerprint density at radius 3 is 2.73 bits per heavy atom. The van der Waals surface area contributed by atoms with E-state index in [1.54, 1.807) is 0 Å². The maximum Gasteiger partial charge on any atom is 0.416 e. The van der Waals surface area contributed by atoms with E-state index in [2.05, 4.69) is 10.3 Å². The number of alkyl halides is 3. The van der Waals surface area contributed by atoms with E-state index in [1.165, 1.54) is 12.1 Å². The van der Waals surface area contributed by atoms with Crippen molar-refractivity contribution in [3.05, 3.63) is 40.4 Å². The molecule has 0 amide bonds. The van der Waals surface area contributed by atoms with E-state index >= 15 is 0 Å². The summed E-state index contributed by atoms with van der Waals surface area (Å²) in [5.74, 6) is -1.09. The van der Waals surface area contributed by atoms with Crippen LogP contribution in [0.1, 0.15) is 34.3 Å². The van der Waals surface area contributed by atoms with Gasteiger partial charge < -0.3 is 10.4 Å². The molecule has 0 aliphatic carbocycles. The van der Waals surface area contributed by atoms with Gasteiger partial charge >= 0.3 is 12.1 Å². The Morgan fingerprint density at radius 1 is 1.41 bits per heavy atom. The standard InChI is InChI=1S/C14H13F3N2O2S/c1-2-4-10-11(12(20)21)22-13(19-10)18-9-6-3-5-8(7-9)14(15,16)17/h3,5-7H,2,4H2,1H3,(H,18,19)(H,20,21). The summed E-state index contributed by atoms with van der Waals surface area (Å²) in [6.45, 7) is 1.89. The third kappa shape index (κ3) is 3.76. The maximum atomic E-state index is 12.7. The molecule has 2 rings (SSSR count). The van der Waals surface area contributed by atoms with E-state index in [-0.39, 0.29) is 15.7 Å². The molecular formula is C14H13F3N2O2S. The van der Waals surface area contributed by atoms with Crippen molar-refractivity contribution in [1.82, 2.24) is 4.98 Å². The zero-order chi connectivity index (χ0) is 16.3. The first kappa shape index (κ1) is 16.3. The van der Waals surface area contributed by atoms with Gasteiger partial charge in [-0.3, -0.25) is 0 Å². The number of carboxylic acids is 1. The van der Waals surface area contributed by atoms with Crippen LogP contribution in [-0.2, 0) is 12.6 Å². The van der Waals surface area contributed by atoms with Crippen LogP contribution in [0.25, 0.3) is 0 Å². The van der Waals surface area contributed by atoms with E-state index in [0.717, 1.165) is 29.9 Å². The fraction of sp³-hybridized carbons (Fsp3) is 0.286. The summed E-state index contributed by atoms with van der Waals surface area (Å²) in [7, 11) is 0. The summed E-state index contributed by atoms with van der Waals surface area (Å²) < 4.78 is 38.0. The summed E-state index contributed by atoms with van der Waals surface area (Å²) in [5.41, 5.74) is -0.126. The molecule has 0 saturated heterocycles. The quantitative estimate of drug-likeness (QED) is 0.844. The molecule has 1 aromatic heterocycles. The summed E-state index contributed by atoms with van der Waals surface area (Å²) in [6.07, 6.45) is -3.20. The molecule has 0 fully saturated rings. The Balaban J connectivity index is 2.27. The smallest absolute Gasteiger partial charge is 0.416 e. The van der Waals surface area contributed by atoms with Crippen molar-refractivity contribution < 1.29 is 23.1 Å². The molecule has 118 valence electrons. The van der Waals surface area contributed by atoms with Gasteiger partial charge in [0.25, 0.3) is 0 Å². The zero-order valence-corrected chi connectivity index (χ0v) is 12.4. The molecule has 0 spiro atoms. The van der Waals surface area contributed by atoms with Gasteiger partial charge in [-0.1, -0.05) is 30.7 Å². The first-order valence-corrected chi connectivity index (χ1v) is 7.30. The summed E-state index contributed by atoms with van der Waals surface area (Å²) in [4.78, 5) is 15.4. The molecule has 0 unspecified atom stereocenters. The average Bonchev–Trinajstić information content (AvgIpc) is 2.81. The fourth-order valence-electron chi connectivity index (χ4n) is 1.88. The molecule has 0 atom stereocenters. The van der Waals surface area contributed by atoms with Crippen LogP contribution in [0.2, 0.25) is 0 Å². The van der Waals surface area contributed by atoms with Crippen LogP contribution in [0.4, 0.5) is 24.0 Å². The number of carbonyl (C=O) groups is 1. The highest BCUT2D eigenvalue weighted by molar-refractivity contribution is 7.17. The van der Waals surface area contributed by atoms with Gasteiger partial charge in [-0.25, -0.2) is 9.78 Å². The second-order valence-electron chi connectivity index (χ2n) is 4.55. The van der Waals surface area contributed by atoms with E-state index in [1.807, 2.05) is 6.92 Å². The van der Waals surface area contributed by atoms with Crippen molar-refractivity contribution in [2.45, 2.75) is 25.9 Å². The monoisotopic (exact) mass is 330 g/mol. The van der Waals surface area contributed by atoms with Gasteiger partial charge in [0.15, 0.2) is 5.13 Å². The number of nitrogens with zero attached hydrogens (tertiary/aromatic N) is 1. The average molecular weight is 330 g/mol. The second kappa shape index (κ2) is 6.35. The molecule has 4 nitrogen and oxygen atoms in total. The van der Waals surface area contributed by atoms with Crippen LogP contribution in [0, 0.1) is 0 Å². The van der Waals surface area contributed by atoms with Crippen molar-refractivity contribution >= 4 is 28.1 Å². The highest BCUT2D eigenvalue weighted by atomic mass is 32.1. The van der Waals surface area contributed by atoms with Crippen molar-refractivity contribution in [1.29, 1.82) is 0 Å². The maximum absolute atomic E-state index is 12.7. The molecular weight excluding hydrogens is 317 g/mol. The number of nitrogens with one attached hydrogen (secondary N) is 1. The van der Waals surface area contributed by atoms with E-state index in [4.69, 9.17) is 5.11 Å². The number of halogens is 3. The van der Waals surface area contributed by atoms with Gasteiger partial charge in [0.05, 0.1) is 11.3 Å². The molecule has 2 N–H and O–H groups in total. The number of anilines is 2. The number of benzene rings is 1. The molecule has 0 bridgehead atoms. The lowest BCUT2D eigenvalue weighted by atomic mass is 10.2. The molecule has 2 aromatic rings. The number of hydrogen-bond donors (Lipinski definition) is 2. The lowest BCUT2D eigenvalue weighted by molar-refractivity contribution is -0.137. The number of rotatable bonds is 5. The fourth-order valence-corrected chi connectivity index (χ4v) is 2.75. The van der Waals surface area contributed by atoms with Gasteiger partial charge in [0, 0.05) is 5.69 Å². The summed E-state index contributed by atoms with van der Waals surface area (Å²) in [5, 5.41) is 12.1. The molecule has 8 heteroatoms. The zero-order valence-electron chi connectivity index (χ0n) is 11.6. The Bertz CT molecular complexity index is 683. The Morgan fingerprint density at radius 2 is 2.14 bits per heavy atom. The lowest BCUT2D eigenvalue weighted by Gasteiger charge is -2.08. The summed E-state index contributed by atoms with van der Waals surface area (Å²) >= 11 is 0.913. The highest BCUT2D eigenvalue weighted by Crippen LogP contribution is 2.32. The molecule has 1 heterocycles. The van der Waals surface area contributed by atoms with Gasteiger partial charge in [0.2, 0.25) is 0 Å². The van der Waals surface area contributed by atoms with Crippen LogP contribution >= 0.6 is 11.3 Å². The number of carboxylic acid groups (broad SMARTS) is 1. The number of thiazole rings is 1. The molecule has 1 aromatic carbocycles. The van der Waals surface area contributed by atoms with Crippen LogP contribution in [-0.4, -0.2) is 16.1 Å². The predicted molar refractivity (Wildman–Crippen MR) is 77.8 cm³/mol. The molecule has 0 aliphatic rings. The lowest BCUT2D eigenvalue weighted by Crippen LogP contribution is -2.05. The van der Waals surface area contributed by atoms with E-state index < -0.39 is 17.7 Å². The summed E-state index contributed by atoms with van der Waals surface area (Å²) in [6, 6.07) is 4.68. The second-order valence-corrected chi connectivity index (χ2v) is 5.55. The topological polar surface area (TPSA) is 62.2 Å². The Labute approximate surface area is 128 Å². The minimum Gasteiger partial charge on any atom is -0.477 e. The van der Waals surface area contributed by atoms with Crippen LogP contribution in [0.5, 0.6) is 0 Å². The van der Waals surface area contributed by atoms with E-state index in [0.29, 0.717) is 12.1 Å². The largest absolute Gasteiger partial charge is 0.477 e. The Kier molecular flexibility index (Phi) is 4.70.